The van der Waals surface area contributed by atoms with Gasteiger partial charge in [-0.3, -0.25) is 0 Å². The maximum Gasteiger partial charge on any atom is 0.658 e. The fourth-order valence-electron chi connectivity index (χ4n) is 2.30. The predicted molar refractivity (Wildman–Crippen MR) is 127 cm³/mol. The van der Waals surface area contributed by atoms with Crippen molar-refractivity contribution in [3.8, 4) is 23.8 Å². The molecular formula is C24H25B2O5. The van der Waals surface area contributed by atoms with Gasteiger partial charge in [0.1, 0.15) is 11.5 Å². The Bertz CT molecular complexity index is 955. The van der Waals surface area contributed by atoms with Gasteiger partial charge in [-0.25, -0.2) is 0 Å². The van der Waals surface area contributed by atoms with Gasteiger partial charge in [0.25, 0.3) is 0 Å². The van der Waals surface area contributed by atoms with E-state index in [1.54, 1.807) is 6.08 Å². The van der Waals surface area contributed by atoms with Gasteiger partial charge in [-0.1, -0.05) is 77.6 Å². The molecule has 157 valence electrons. The first-order chi connectivity index (χ1) is 14.5. The van der Waals surface area contributed by atoms with Crippen molar-refractivity contribution < 1.29 is 24.8 Å². The highest BCUT2D eigenvalue weighted by atomic mass is 16.6. The van der Waals surface area contributed by atoms with Crippen LogP contribution in [0.4, 0.5) is 0 Å². The Morgan fingerprint density at radius 3 is 1.77 bits per heavy atom. The fraction of sp³-hybridized carbons (Fsp3) is 0.0833. The molecule has 0 saturated carbocycles. The lowest BCUT2D eigenvalue weighted by molar-refractivity contribution is 0.424. The van der Waals surface area contributed by atoms with Crippen LogP contribution in [-0.4, -0.2) is 30.3 Å². The summed E-state index contributed by atoms with van der Waals surface area (Å²) in [6, 6.07) is 23.2. The number of rotatable bonds is 2. The highest BCUT2D eigenvalue weighted by Crippen LogP contribution is 2.29. The Kier molecular flexibility index (Phi) is 11.3. The lowest BCUT2D eigenvalue weighted by Crippen LogP contribution is -2.05. The number of para-hydroxylation sites is 2. The lowest BCUT2D eigenvalue weighted by Gasteiger charge is -1.93. The maximum absolute atomic E-state index is 8.54. The van der Waals surface area contributed by atoms with Crippen LogP contribution >= 0.6 is 0 Å². The van der Waals surface area contributed by atoms with Crippen LogP contribution in [0.25, 0.3) is 6.08 Å². The largest absolute Gasteiger partial charge is 0.658 e. The first-order valence-corrected chi connectivity index (χ1v) is 9.36. The lowest BCUT2D eigenvalue weighted by atomic mass is 9.91. The van der Waals surface area contributed by atoms with E-state index in [9.17, 15) is 0 Å². The predicted octanol–water partition coefficient (Wildman–Crippen LogP) is 3.16. The van der Waals surface area contributed by atoms with Crippen LogP contribution in [0.5, 0.6) is 11.5 Å². The van der Waals surface area contributed by atoms with Crippen molar-refractivity contribution in [1.82, 2.24) is 0 Å². The zero-order valence-electron chi connectivity index (χ0n) is 17.5. The second-order valence-electron chi connectivity index (χ2n) is 6.47. The van der Waals surface area contributed by atoms with Crippen LogP contribution < -0.4 is 9.31 Å². The number of hydrogen-bond donors (Lipinski definition) is 2. The zero-order chi connectivity index (χ0) is 21.8. The molecule has 0 fully saturated rings. The summed E-state index contributed by atoms with van der Waals surface area (Å²) >= 11 is 0. The molecular weight excluding hydrogens is 390 g/mol. The van der Waals surface area contributed by atoms with Crippen LogP contribution in [0.2, 0.25) is 0 Å². The maximum atomic E-state index is 8.54. The molecule has 0 aliphatic carbocycles. The summed E-state index contributed by atoms with van der Waals surface area (Å²) in [7, 11) is -0.0451. The molecule has 1 aliphatic heterocycles. The van der Waals surface area contributed by atoms with E-state index >= 15 is 0 Å². The molecule has 1 heterocycles. The molecule has 0 saturated heterocycles. The van der Waals surface area contributed by atoms with Gasteiger partial charge in [-0.15, -0.1) is 6.42 Å². The van der Waals surface area contributed by atoms with Crippen LogP contribution in [0, 0.1) is 26.2 Å². The van der Waals surface area contributed by atoms with Crippen molar-refractivity contribution in [3.63, 3.8) is 0 Å². The van der Waals surface area contributed by atoms with Gasteiger partial charge in [0.15, 0.2) is 0 Å². The summed E-state index contributed by atoms with van der Waals surface area (Å²) in [5, 5.41) is 17.1. The molecule has 3 aromatic rings. The smallest absolute Gasteiger partial charge is 0.524 e. The van der Waals surface area contributed by atoms with Crippen molar-refractivity contribution in [2.45, 2.75) is 13.8 Å². The van der Waals surface area contributed by atoms with Crippen LogP contribution in [0.1, 0.15) is 22.3 Å². The second-order valence-corrected chi connectivity index (χ2v) is 6.47. The Morgan fingerprint density at radius 2 is 1.32 bits per heavy atom. The highest BCUT2D eigenvalue weighted by Gasteiger charge is 2.14. The van der Waals surface area contributed by atoms with Gasteiger partial charge in [0, 0.05) is 5.56 Å². The van der Waals surface area contributed by atoms with Gasteiger partial charge in [-0.2, -0.15) is 0 Å². The molecule has 0 bridgehead atoms. The monoisotopic (exact) mass is 415 g/mol. The van der Waals surface area contributed by atoms with E-state index < -0.39 is 7.12 Å². The minimum atomic E-state index is -1.37. The quantitative estimate of drug-likeness (QED) is 0.497. The molecule has 4 N–H and O–H groups in total. The van der Waals surface area contributed by atoms with Crippen LogP contribution in [0.3, 0.4) is 0 Å². The van der Waals surface area contributed by atoms with Gasteiger partial charge in [-0.05, 0) is 43.7 Å². The molecule has 5 nitrogen and oxygen atoms in total. The van der Waals surface area contributed by atoms with Crippen LogP contribution in [0.15, 0.2) is 78.8 Å². The van der Waals surface area contributed by atoms with Crippen molar-refractivity contribution in [2.24, 2.45) is 0 Å². The van der Waals surface area contributed by atoms with E-state index in [4.69, 9.17) is 25.8 Å². The van der Waals surface area contributed by atoms with Crippen molar-refractivity contribution in [3.05, 3.63) is 101 Å². The summed E-state index contributed by atoms with van der Waals surface area (Å²) in [4.78, 5) is 0. The molecule has 0 atom stereocenters. The third-order valence-electron chi connectivity index (χ3n) is 3.96. The third-order valence-corrected chi connectivity index (χ3v) is 3.96. The first-order valence-electron chi connectivity index (χ1n) is 9.36. The van der Waals surface area contributed by atoms with Gasteiger partial charge < -0.3 is 24.8 Å². The van der Waals surface area contributed by atoms with Gasteiger partial charge in [0.2, 0.25) is 0 Å². The van der Waals surface area contributed by atoms with Gasteiger partial charge >= 0.3 is 14.8 Å². The average molecular weight is 415 g/mol. The van der Waals surface area contributed by atoms with Crippen molar-refractivity contribution in [2.75, 3.05) is 0 Å². The molecule has 31 heavy (non-hydrogen) atoms. The molecule has 0 spiro atoms. The summed E-state index contributed by atoms with van der Waals surface area (Å²) in [5.41, 5.74) is 4.35. The first kappa shape index (κ1) is 25.6. The summed E-state index contributed by atoms with van der Waals surface area (Å²) < 4.78 is 9.90. The Balaban J connectivity index is 0.000000232. The molecule has 7 heteroatoms. The van der Waals surface area contributed by atoms with E-state index in [-0.39, 0.29) is 5.48 Å². The Hall–Kier alpha value is -3.43. The van der Waals surface area contributed by atoms with Crippen molar-refractivity contribution in [1.29, 1.82) is 0 Å². The minimum Gasteiger partial charge on any atom is -0.524 e. The highest BCUT2D eigenvalue weighted by molar-refractivity contribution is 6.48. The third kappa shape index (κ3) is 9.75. The summed E-state index contributed by atoms with van der Waals surface area (Å²) in [6.07, 6.45) is 6.82. The van der Waals surface area contributed by atoms with Gasteiger partial charge in [0.05, 0.1) is 0 Å². The second kappa shape index (κ2) is 13.7. The molecule has 4 rings (SSSR count). The van der Waals surface area contributed by atoms with E-state index in [1.165, 1.54) is 24.8 Å². The normalized spacial score (nSPS) is 10.3. The molecule has 0 amide bonds. The fourth-order valence-corrected chi connectivity index (χ4v) is 2.30. The molecule has 0 aromatic heterocycles. The van der Waals surface area contributed by atoms with E-state index in [2.05, 4.69) is 5.92 Å². The van der Waals surface area contributed by atoms with E-state index in [0.717, 1.165) is 22.6 Å². The summed E-state index contributed by atoms with van der Waals surface area (Å²) in [5.74, 6) is 5.46. The SMILES string of the molecule is C#Cc1ccc(C)cc1.Cc1ccc(/C=C/B(O)O)cc1.O.[B]1Oc2ccccc2O1. The molecule has 1 radical (unpaired) electrons. The number of hydrogen-bond acceptors (Lipinski definition) is 4. The average Bonchev–Trinajstić information content (AvgIpc) is 3.24. The van der Waals surface area contributed by atoms with Crippen molar-refractivity contribution >= 4 is 20.9 Å². The van der Waals surface area contributed by atoms with Crippen LogP contribution in [-0.2, 0) is 0 Å². The number of aryl methyl sites for hydroxylation is 2. The molecule has 3 aromatic carbocycles. The summed E-state index contributed by atoms with van der Waals surface area (Å²) in [6.45, 7) is 4.05. The number of benzene rings is 3. The standard InChI is InChI=1S/C9H11BO2.C9H8.C6H4BO2.H2O/c1-8-2-4-9(5-3-8)6-7-10(11)12;1-3-9-6-4-8(2)5-7-9;1-2-4-6-5(3-1)8-7-9-6;/h2-7,11-12H,1H3;1,4-7H,2H3;1-4H;1H2/b7-6+;;;. The minimum absolute atomic E-state index is 0. The van der Waals surface area contributed by atoms with E-state index in [1.807, 2.05) is 86.6 Å². The molecule has 1 aliphatic rings. The number of fused-ring (bicyclic) bond motifs is 1. The van der Waals surface area contributed by atoms with E-state index in [0.29, 0.717) is 0 Å². The Morgan fingerprint density at radius 1 is 0.839 bits per heavy atom. The molecule has 0 unspecified atom stereocenters. The number of terminal acetylenes is 1. The Labute approximate surface area is 184 Å². The topological polar surface area (TPSA) is 90.4 Å². The zero-order valence-corrected chi connectivity index (χ0v) is 17.5.